The van der Waals surface area contributed by atoms with Crippen molar-refractivity contribution in [2.24, 2.45) is 0 Å². The summed E-state index contributed by atoms with van der Waals surface area (Å²) in [6, 6.07) is 19.3. The second kappa shape index (κ2) is 12.0. The van der Waals surface area contributed by atoms with Gasteiger partial charge in [0.05, 0.1) is 11.9 Å². The Balaban J connectivity index is 2.04. The first-order chi connectivity index (χ1) is 17.5. The molecule has 7 nitrogen and oxygen atoms in total. The van der Waals surface area contributed by atoms with E-state index in [0.29, 0.717) is 16.8 Å². The zero-order chi connectivity index (χ0) is 27.2. The molecule has 0 fully saturated rings. The molecule has 3 aromatic rings. The largest absolute Gasteiger partial charge is 0.357 e. The van der Waals surface area contributed by atoms with E-state index in [2.05, 4.69) is 5.32 Å². The highest BCUT2D eigenvalue weighted by atomic mass is 32.2. The molecule has 9 heteroatoms. The number of benzene rings is 3. The molecule has 0 aliphatic heterocycles. The number of sulfonamides is 1. The van der Waals surface area contributed by atoms with Gasteiger partial charge in [-0.3, -0.25) is 13.9 Å². The molecule has 196 valence electrons. The molecule has 0 aliphatic carbocycles. The Hall–Kier alpha value is -3.72. The molecular weight excluding hydrogens is 493 g/mol. The van der Waals surface area contributed by atoms with Crippen molar-refractivity contribution < 1.29 is 22.4 Å². The summed E-state index contributed by atoms with van der Waals surface area (Å²) in [6.45, 7) is 3.18. The zero-order valence-electron chi connectivity index (χ0n) is 21.4. The number of likely N-dealkylation sites (N-methyl/N-ethyl adjacent to an activating group) is 1. The first-order valence-electron chi connectivity index (χ1n) is 11.8. The number of rotatable bonds is 10. The Kier molecular flexibility index (Phi) is 9.04. The third-order valence-electron chi connectivity index (χ3n) is 6.08. The van der Waals surface area contributed by atoms with Crippen molar-refractivity contribution in [1.82, 2.24) is 10.2 Å². The Morgan fingerprint density at radius 2 is 1.59 bits per heavy atom. The topological polar surface area (TPSA) is 86.8 Å². The average Bonchev–Trinajstić information content (AvgIpc) is 2.85. The number of carbonyl (C=O) groups excluding carboxylic acids is 2. The number of aryl methyl sites for hydroxylation is 2. The predicted octanol–water partition coefficient (Wildman–Crippen LogP) is 3.59. The summed E-state index contributed by atoms with van der Waals surface area (Å²) in [5, 5.41) is 2.62. The molecule has 0 radical (unpaired) electrons. The lowest BCUT2D eigenvalue weighted by molar-refractivity contribution is -0.139. The highest BCUT2D eigenvalue weighted by Gasteiger charge is 2.32. The van der Waals surface area contributed by atoms with Crippen molar-refractivity contribution >= 4 is 27.5 Å². The minimum atomic E-state index is -3.84. The van der Waals surface area contributed by atoms with E-state index < -0.39 is 40.2 Å². The van der Waals surface area contributed by atoms with Gasteiger partial charge in [-0.2, -0.15) is 0 Å². The molecular formula is C28H32FN3O4S. The maximum absolute atomic E-state index is 13.8. The summed E-state index contributed by atoms with van der Waals surface area (Å²) in [6.07, 6.45) is 1.26. The number of halogens is 1. The fourth-order valence-corrected chi connectivity index (χ4v) is 5.09. The van der Waals surface area contributed by atoms with Gasteiger partial charge < -0.3 is 10.2 Å². The normalized spacial score (nSPS) is 12.0. The molecule has 0 saturated heterocycles. The van der Waals surface area contributed by atoms with E-state index in [0.717, 1.165) is 21.7 Å². The van der Waals surface area contributed by atoms with Gasteiger partial charge in [0.25, 0.3) is 0 Å². The molecule has 0 spiro atoms. The predicted molar refractivity (Wildman–Crippen MR) is 143 cm³/mol. The molecule has 1 N–H and O–H groups in total. The van der Waals surface area contributed by atoms with Gasteiger partial charge in [-0.05, 0) is 48.7 Å². The van der Waals surface area contributed by atoms with Crippen LogP contribution in [0.15, 0.2) is 72.8 Å². The Morgan fingerprint density at radius 1 is 0.946 bits per heavy atom. The highest BCUT2D eigenvalue weighted by molar-refractivity contribution is 7.92. The molecule has 0 bridgehead atoms. The lowest BCUT2D eigenvalue weighted by Gasteiger charge is -2.33. The van der Waals surface area contributed by atoms with Crippen LogP contribution in [-0.4, -0.2) is 51.0 Å². The highest BCUT2D eigenvalue weighted by Crippen LogP contribution is 2.24. The average molecular weight is 526 g/mol. The number of amides is 2. The fourth-order valence-electron chi connectivity index (χ4n) is 4.19. The molecule has 0 saturated carbocycles. The van der Waals surface area contributed by atoms with Crippen LogP contribution in [-0.2, 0) is 32.6 Å². The van der Waals surface area contributed by atoms with Crippen molar-refractivity contribution in [2.75, 3.05) is 24.2 Å². The molecule has 3 aromatic carbocycles. The van der Waals surface area contributed by atoms with Crippen molar-refractivity contribution in [3.8, 4) is 0 Å². The number of hydrogen-bond acceptors (Lipinski definition) is 4. The Bertz CT molecular complexity index is 1350. The Labute approximate surface area is 218 Å². The smallest absolute Gasteiger partial charge is 0.244 e. The summed E-state index contributed by atoms with van der Waals surface area (Å²) in [5.74, 6) is -1.37. The van der Waals surface area contributed by atoms with Gasteiger partial charge >= 0.3 is 0 Å². The van der Waals surface area contributed by atoms with E-state index in [-0.39, 0.29) is 13.0 Å². The van der Waals surface area contributed by atoms with Crippen LogP contribution < -0.4 is 9.62 Å². The molecule has 2 amide bonds. The van der Waals surface area contributed by atoms with Gasteiger partial charge in [-0.25, -0.2) is 12.8 Å². The summed E-state index contributed by atoms with van der Waals surface area (Å²) in [4.78, 5) is 28.3. The number of carbonyl (C=O) groups is 2. The van der Waals surface area contributed by atoms with Crippen molar-refractivity contribution in [1.29, 1.82) is 0 Å². The molecule has 1 atom stereocenters. The van der Waals surface area contributed by atoms with Gasteiger partial charge in [0.1, 0.15) is 18.4 Å². The molecule has 0 aromatic heterocycles. The van der Waals surface area contributed by atoms with Gasteiger partial charge in [-0.1, -0.05) is 60.2 Å². The van der Waals surface area contributed by atoms with Crippen LogP contribution in [0.1, 0.15) is 22.3 Å². The standard InChI is InChI=1S/C28H32FN3O4S/c1-20-10-15-25(21(2)16-20)32(37(4,35)36)19-27(33)31(18-23-11-13-24(29)14-12-23)26(28(34)30-3)17-22-8-6-5-7-9-22/h5-16,26H,17-19H2,1-4H3,(H,30,34)/t26-/m1/s1. The Morgan fingerprint density at radius 3 is 2.16 bits per heavy atom. The lowest BCUT2D eigenvalue weighted by atomic mass is 10.0. The molecule has 0 aliphatic rings. The van der Waals surface area contributed by atoms with E-state index in [9.17, 15) is 22.4 Å². The number of hydrogen-bond donors (Lipinski definition) is 1. The summed E-state index contributed by atoms with van der Waals surface area (Å²) in [7, 11) is -2.35. The van der Waals surface area contributed by atoms with Crippen LogP contribution in [0, 0.1) is 19.7 Å². The molecule has 3 rings (SSSR count). The van der Waals surface area contributed by atoms with E-state index in [1.165, 1.54) is 36.2 Å². The van der Waals surface area contributed by atoms with E-state index in [1.807, 2.05) is 43.3 Å². The van der Waals surface area contributed by atoms with Crippen LogP contribution in [0.3, 0.4) is 0 Å². The maximum Gasteiger partial charge on any atom is 0.244 e. The molecule has 0 heterocycles. The van der Waals surface area contributed by atoms with Crippen LogP contribution in [0.5, 0.6) is 0 Å². The number of nitrogens with zero attached hydrogens (tertiary/aromatic N) is 2. The summed E-state index contributed by atoms with van der Waals surface area (Å²) in [5.41, 5.74) is 3.50. The number of anilines is 1. The second-order valence-electron chi connectivity index (χ2n) is 9.03. The lowest BCUT2D eigenvalue weighted by Crippen LogP contribution is -2.53. The number of nitrogens with one attached hydrogen (secondary N) is 1. The fraction of sp³-hybridized carbons (Fsp3) is 0.286. The molecule has 0 unspecified atom stereocenters. The van der Waals surface area contributed by atoms with Crippen LogP contribution in [0.2, 0.25) is 0 Å². The quantitative estimate of drug-likeness (QED) is 0.438. The minimum Gasteiger partial charge on any atom is -0.357 e. The van der Waals surface area contributed by atoms with E-state index in [1.54, 1.807) is 19.1 Å². The SMILES string of the molecule is CNC(=O)[C@@H](Cc1ccccc1)N(Cc1ccc(F)cc1)C(=O)CN(c1ccc(C)cc1C)S(C)(=O)=O. The van der Waals surface area contributed by atoms with Gasteiger partial charge in [-0.15, -0.1) is 0 Å². The van der Waals surface area contributed by atoms with Crippen molar-refractivity contribution in [3.05, 3.63) is 101 Å². The zero-order valence-corrected chi connectivity index (χ0v) is 22.3. The van der Waals surface area contributed by atoms with Crippen LogP contribution in [0.4, 0.5) is 10.1 Å². The van der Waals surface area contributed by atoms with Gasteiger partial charge in [0, 0.05) is 20.0 Å². The first-order valence-corrected chi connectivity index (χ1v) is 13.7. The monoisotopic (exact) mass is 525 g/mol. The second-order valence-corrected chi connectivity index (χ2v) is 10.9. The summed E-state index contributed by atoms with van der Waals surface area (Å²) < 4.78 is 40.2. The van der Waals surface area contributed by atoms with Gasteiger partial charge in [0.15, 0.2) is 0 Å². The minimum absolute atomic E-state index is 0.00544. The first kappa shape index (κ1) is 27.9. The van der Waals surface area contributed by atoms with E-state index in [4.69, 9.17) is 0 Å². The van der Waals surface area contributed by atoms with Crippen LogP contribution in [0.25, 0.3) is 0 Å². The van der Waals surface area contributed by atoms with Gasteiger partial charge in [0.2, 0.25) is 21.8 Å². The summed E-state index contributed by atoms with van der Waals surface area (Å²) >= 11 is 0. The van der Waals surface area contributed by atoms with Crippen molar-refractivity contribution in [2.45, 2.75) is 32.9 Å². The third-order valence-corrected chi connectivity index (χ3v) is 7.21. The maximum atomic E-state index is 13.8. The van der Waals surface area contributed by atoms with E-state index >= 15 is 0 Å². The van der Waals surface area contributed by atoms with Crippen LogP contribution >= 0.6 is 0 Å². The molecule has 37 heavy (non-hydrogen) atoms. The third kappa shape index (κ3) is 7.39. The van der Waals surface area contributed by atoms with Crippen molar-refractivity contribution in [3.63, 3.8) is 0 Å².